The maximum Gasteiger partial charge on any atom is 0.328 e. The molecule has 0 aromatic heterocycles. The van der Waals surface area contributed by atoms with E-state index in [2.05, 4.69) is 5.32 Å². The van der Waals surface area contributed by atoms with E-state index in [4.69, 9.17) is 4.74 Å². The lowest BCUT2D eigenvalue weighted by molar-refractivity contribution is -0.146. The third-order valence-electron chi connectivity index (χ3n) is 1.12. The molecule has 0 fully saturated rings. The van der Waals surface area contributed by atoms with Gasteiger partial charge < -0.3 is 10.1 Å². The second kappa shape index (κ2) is 5.70. The lowest BCUT2D eigenvalue weighted by Gasteiger charge is -2.08. The molecule has 64 valence electrons. The molecule has 0 saturated heterocycles. The second-order valence-electron chi connectivity index (χ2n) is 2.17. The van der Waals surface area contributed by atoms with Gasteiger partial charge in [-0.1, -0.05) is 6.92 Å². The number of hydrogen-bond donors (Lipinski definition) is 1. The largest absolute Gasteiger partial charge is 0.464 e. The van der Waals surface area contributed by atoms with Crippen LogP contribution in [0.5, 0.6) is 0 Å². The summed E-state index contributed by atoms with van der Waals surface area (Å²) in [6.45, 7) is 3.89. The number of hydrogen-bond acceptors (Lipinski definition) is 3. The van der Waals surface area contributed by atoms with Crippen LogP contribution in [0.1, 0.15) is 20.3 Å². The van der Waals surface area contributed by atoms with Gasteiger partial charge in [0.15, 0.2) is 0 Å². The summed E-state index contributed by atoms with van der Waals surface area (Å²) in [6, 6.07) is -0.543. The number of rotatable bonds is 5. The fourth-order valence-corrected chi connectivity index (χ4v) is 0.498. The number of carbonyl (C=O) groups is 2. The molecule has 4 heteroatoms. The lowest BCUT2D eigenvalue weighted by atomic mass is 10.3. The van der Waals surface area contributed by atoms with Crippen molar-refractivity contribution >= 4 is 12.4 Å². The highest BCUT2D eigenvalue weighted by Gasteiger charge is 2.11. The molecule has 4 nitrogen and oxygen atoms in total. The molecule has 0 aromatic rings. The zero-order chi connectivity index (χ0) is 8.69. The summed E-state index contributed by atoms with van der Waals surface area (Å²) < 4.78 is 4.75. The molecule has 1 N–H and O–H groups in total. The van der Waals surface area contributed by atoms with Gasteiger partial charge in [0.05, 0.1) is 6.61 Å². The second-order valence-corrected chi connectivity index (χ2v) is 2.17. The Balaban J connectivity index is 3.54. The number of carbonyl (C=O) groups excluding carboxylic acids is 2. The molecule has 0 aromatic carbocycles. The standard InChI is InChI=1S/C7H13NO3/c1-3-4-11-7(10)6(2)8-5-9/h5-6H,3-4H2,1-2H3,(H,8,9). The van der Waals surface area contributed by atoms with E-state index in [1.54, 1.807) is 6.92 Å². The van der Waals surface area contributed by atoms with Gasteiger partial charge in [-0.3, -0.25) is 4.79 Å². The van der Waals surface area contributed by atoms with E-state index in [1.807, 2.05) is 6.92 Å². The van der Waals surface area contributed by atoms with Crippen LogP contribution in [0.15, 0.2) is 0 Å². The lowest BCUT2D eigenvalue weighted by Crippen LogP contribution is -2.34. The molecule has 1 amide bonds. The highest BCUT2D eigenvalue weighted by molar-refractivity contribution is 5.77. The topological polar surface area (TPSA) is 55.4 Å². The molecule has 0 radical (unpaired) electrons. The third-order valence-corrected chi connectivity index (χ3v) is 1.12. The Morgan fingerprint density at radius 3 is 2.82 bits per heavy atom. The highest BCUT2D eigenvalue weighted by atomic mass is 16.5. The number of ether oxygens (including phenoxy) is 1. The minimum Gasteiger partial charge on any atom is -0.464 e. The molecular formula is C7H13NO3. The number of esters is 1. The molecule has 0 bridgehead atoms. The third kappa shape index (κ3) is 4.36. The van der Waals surface area contributed by atoms with E-state index >= 15 is 0 Å². The Morgan fingerprint density at radius 1 is 1.73 bits per heavy atom. The summed E-state index contributed by atoms with van der Waals surface area (Å²) >= 11 is 0. The fraction of sp³-hybridized carbons (Fsp3) is 0.714. The molecule has 0 heterocycles. The summed E-state index contributed by atoms with van der Waals surface area (Å²) in [5.41, 5.74) is 0. The van der Waals surface area contributed by atoms with Crippen LogP contribution in [0.3, 0.4) is 0 Å². The molecule has 0 saturated carbocycles. The first-order chi connectivity index (χ1) is 5.22. The van der Waals surface area contributed by atoms with E-state index in [0.29, 0.717) is 13.0 Å². The van der Waals surface area contributed by atoms with Crippen molar-refractivity contribution in [3.63, 3.8) is 0 Å². The smallest absolute Gasteiger partial charge is 0.328 e. The van der Waals surface area contributed by atoms with E-state index in [0.717, 1.165) is 6.42 Å². The average Bonchev–Trinajstić information content (AvgIpc) is 2.00. The summed E-state index contributed by atoms with van der Waals surface area (Å²) in [5.74, 6) is -0.390. The molecular weight excluding hydrogens is 146 g/mol. The van der Waals surface area contributed by atoms with Crippen LogP contribution in [0, 0.1) is 0 Å². The van der Waals surface area contributed by atoms with Crippen molar-refractivity contribution < 1.29 is 14.3 Å². The van der Waals surface area contributed by atoms with E-state index in [-0.39, 0.29) is 5.97 Å². The average molecular weight is 159 g/mol. The predicted molar refractivity (Wildman–Crippen MR) is 39.9 cm³/mol. The van der Waals surface area contributed by atoms with Crippen LogP contribution in [0.25, 0.3) is 0 Å². The normalized spacial score (nSPS) is 11.8. The van der Waals surface area contributed by atoms with Crippen LogP contribution >= 0.6 is 0 Å². The van der Waals surface area contributed by atoms with Crippen molar-refractivity contribution in [2.24, 2.45) is 0 Å². The summed E-state index contributed by atoms with van der Waals surface area (Å²) in [6.07, 6.45) is 1.28. The number of nitrogens with one attached hydrogen (secondary N) is 1. The van der Waals surface area contributed by atoms with Crippen molar-refractivity contribution in [3.05, 3.63) is 0 Å². The van der Waals surface area contributed by atoms with Crippen LogP contribution in [0.2, 0.25) is 0 Å². The Hall–Kier alpha value is -1.06. The first-order valence-electron chi connectivity index (χ1n) is 3.58. The quantitative estimate of drug-likeness (QED) is 0.456. The van der Waals surface area contributed by atoms with Crippen LogP contribution in [0.4, 0.5) is 0 Å². The maximum atomic E-state index is 10.8. The predicted octanol–water partition coefficient (Wildman–Crippen LogP) is 0.0741. The number of amides is 1. The van der Waals surface area contributed by atoms with Crippen molar-refractivity contribution in [2.75, 3.05) is 6.61 Å². The molecule has 0 rings (SSSR count). The maximum absolute atomic E-state index is 10.8. The first-order valence-corrected chi connectivity index (χ1v) is 3.58. The SMILES string of the molecule is CCCOC(=O)C(C)NC=O. The summed E-state index contributed by atoms with van der Waals surface area (Å²) in [7, 11) is 0. The Kier molecular flexibility index (Phi) is 5.15. The molecule has 1 atom stereocenters. The molecule has 11 heavy (non-hydrogen) atoms. The Labute approximate surface area is 65.9 Å². The molecule has 0 aliphatic rings. The van der Waals surface area contributed by atoms with E-state index in [9.17, 15) is 9.59 Å². The summed E-state index contributed by atoms with van der Waals surface area (Å²) in [4.78, 5) is 20.7. The van der Waals surface area contributed by atoms with Gasteiger partial charge in [-0.25, -0.2) is 4.79 Å². The molecule has 0 aliphatic carbocycles. The molecule has 0 spiro atoms. The van der Waals surface area contributed by atoms with Gasteiger partial charge in [-0.15, -0.1) is 0 Å². The van der Waals surface area contributed by atoms with Gasteiger partial charge in [-0.2, -0.15) is 0 Å². The minimum absolute atomic E-state index is 0.390. The Morgan fingerprint density at radius 2 is 2.36 bits per heavy atom. The molecule has 0 aliphatic heterocycles. The minimum atomic E-state index is -0.543. The fourth-order valence-electron chi connectivity index (χ4n) is 0.498. The molecule has 1 unspecified atom stereocenters. The van der Waals surface area contributed by atoms with Crippen LogP contribution in [-0.2, 0) is 14.3 Å². The van der Waals surface area contributed by atoms with Gasteiger partial charge in [0.1, 0.15) is 6.04 Å². The van der Waals surface area contributed by atoms with Gasteiger partial charge in [0.25, 0.3) is 0 Å². The van der Waals surface area contributed by atoms with Gasteiger partial charge in [-0.05, 0) is 13.3 Å². The van der Waals surface area contributed by atoms with Gasteiger partial charge >= 0.3 is 5.97 Å². The van der Waals surface area contributed by atoms with E-state index in [1.165, 1.54) is 0 Å². The summed E-state index contributed by atoms with van der Waals surface area (Å²) in [5, 5.41) is 2.30. The van der Waals surface area contributed by atoms with Crippen LogP contribution < -0.4 is 5.32 Å². The van der Waals surface area contributed by atoms with Crippen molar-refractivity contribution in [1.82, 2.24) is 5.32 Å². The monoisotopic (exact) mass is 159 g/mol. The van der Waals surface area contributed by atoms with E-state index < -0.39 is 6.04 Å². The zero-order valence-corrected chi connectivity index (χ0v) is 6.79. The van der Waals surface area contributed by atoms with Crippen LogP contribution in [-0.4, -0.2) is 25.0 Å². The van der Waals surface area contributed by atoms with Crippen molar-refractivity contribution in [1.29, 1.82) is 0 Å². The first kappa shape index (κ1) is 9.94. The van der Waals surface area contributed by atoms with Crippen molar-refractivity contribution in [3.8, 4) is 0 Å². The van der Waals surface area contributed by atoms with Gasteiger partial charge in [0, 0.05) is 0 Å². The highest BCUT2D eigenvalue weighted by Crippen LogP contribution is 1.87. The Bertz CT molecular complexity index is 136. The zero-order valence-electron chi connectivity index (χ0n) is 6.79. The van der Waals surface area contributed by atoms with Crippen molar-refractivity contribution in [2.45, 2.75) is 26.3 Å². The van der Waals surface area contributed by atoms with Gasteiger partial charge in [0.2, 0.25) is 6.41 Å².